The van der Waals surface area contributed by atoms with Gasteiger partial charge in [0.25, 0.3) is 0 Å². The van der Waals surface area contributed by atoms with Gasteiger partial charge >= 0.3 is 0 Å². The normalized spacial score (nSPS) is 22.0. The van der Waals surface area contributed by atoms with Crippen LogP contribution in [0.1, 0.15) is 31.2 Å². The number of hydrogen-bond donors (Lipinski definition) is 1. The van der Waals surface area contributed by atoms with Crippen molar-refractivity contribution < 1.29 is 4.74 Å². The van der Waals surface area contributed by atoms with Crippen LogP contribution >= 0.6 is 15.9 Å². The lowest BCUT2D eigenvalue weighted by Gasteiger charge is -2.20. The molecule has 2 atom stereocenters. The predicted molar refractivity (Wildman–Crippen MR) is 70.9 cm³/mol. The number of ether oxygens (including phenoxy) is 1. The van der Waals surface area contributed by atoms with Crippen molar-refractivity contribution in [3.63, 3.8) is 0 Å². The molecule has 1 aliphatic heterocycles. The molecule has 2 unspecified atom stereocenters. The highest BCUT2D eigenvalue weighted by Crippen LogP contribution is 2.21. The number of nitrogens with zero attached hydrogens (tertiary/aromatic N) is 2. The summed E-state index contributed by atoms with van der Waals surface area (Å²) in [5.41, 5.74) is 2.22. The molecule has 1 aromatic heterocycles. The van der Waals surface area contributed by atoms with Crippen LogP contribution in [0, 0.1) is 6.92 Å². The first-order valence-corrected chi connectivity index (χ1v) is 6.92. The Balaban J connectivity index is 1.92. The van der Waals surface area contributed by atoms with Crippen molar-refractivity contribution in [1.29, 1.82) is 0 Å². The van der Waals surface area contributed by atoms with Crippen LogP contribution in [0.15, 0.2) is 4.47 Å². The molecule has 0 radical (unpaired) electrons. The lowest BCUT2D eigenvalue weighted by atomic mass is 10.1. The first-order chi connectivity index (χ1) is 8.09. The summed E-state index contributed by atoms with van der Waals surface area (Å²) in [6.45, 7) is 5.92. The first-order valence-electron chi connectivity index (χ1n) is 6.12. The van der Waals surface area contributed by atoms with Crippen molar-refractivity contribution in [3.05, 3.63) is 15.9 Å². The molecule has 2 heterocycles. The van der Waals surface area contributed by atoms with Gasteiger partial charge in [-0.1, -0.05) is 0 Å². The molecule has 0 saturated carbocycles. The quantitative estimate of drug-likeness (QED) is 0.926. The second kappa shape index (κ2) is 5.50. The molecule has 0 amide bonds. The molecule has 0 spiro atoms. The Morgan fingerprint density at radius 2 is 2.41 bits per heavy atom. The minimum Gasteiger partial charge on any atom is -0.377 e. The van der Waals surface area contributed by atoms with E-state index in [9.17, 15) is 0 Å². The van der Waals surface area contributed by atoms with Gasteiger partial charge < -0.3 is 10.1 Å². The van der Waals surface area contributed by atoms with E-state index in [4.69, 9.17) is 4.74 Å². The SMILES string of the molecule is Cc1nn(C)c(CNC(C)C2CCCO2)c1Br. The Kier molecular flexibility index (Phi) is 4.22. The van der Waals surface area contributed by atoms with Crippen molar-refractivity contribution in [2.75, 3.05) is 6.61 Å². The highest BCUT2D eigenvalue weighted by atomic mass is 79.9. The molecule has 1 aliphatic rings. The standard InChI is InChI=1S/C12H20BrN3O/c1-8(11-5-4-6-17-11)14-7-10-12(13)9(2)15-16(10)3/h8,11,14H,4-7H2,1-3H3. The third-order valence-corrected chi connectivity index (χ3v) is 4.41. The summed E-state index contributed by atoms with van der Waals surface area (Å²) in [4.78, 5) is 0. The molecular weight excluding hydrogens is 282 g/mol. The average Bonchev–Trinajstić information content (AvgIpc) is 2.88. The Hall–Kier alpha value is -0.390. The summed E-state index contributed by atoms with van der Waals surface area (Å²) < 4.78 is 8.70. The van der Waals surface area contributed by atoms with Crippen LogP contribution in [0.2, 0.25) is 0 Å². The molecule has 2 rings (SSSR count). The van der Waals surface area contributed by atoms with E-state index in [0.29, 0.717) is 12.1 Å². The van der Waals surface area contributed by atoms with Crippen LogP contribution < -0.4 is 5.32 Å². The fourth-order valence-corrected chi connectivity index (χ4v) is 2.73. The van der Waals surface area contributed by atoms with Crippen molar-refractivity contribution in [1.82, 2.24) is 15.1 Å². The van der Waals surface area contributed by atoms with Gasteiger partial charge in [0.1, 0.15) is 0 Å². The molecule has 0 aliphatic carbocycles. The van der Waals surface area contributed by atoms with Gasteiger partial charge in [-0.3, -0.25) is 4.68 Å². The van der Waals surface area contributed by atoms with Crippen LogP contribution in [0.4, 0.5) is 0 Å². The van der Waals surface area contributed by atoms with Gasteiger partial charge in [-0.05, 0) is 42.6 Å². The van der Waals surface area contributed by atoms with E-state index in [1.807, 2.05) is 18.7 Å². The number of halogens is 1. The maximum Gasteiger partial charge on any atom is 0.0739 e. The Morgan fingerprint density at radius 1 is 1.65 bits per heavy atom. The van der Waals surface area contributed by atoms with Crippen molar-refractivity contribution in [3.8, 4) is 0 Å². The summed E-state index contributed by atoms with van der Waals surface area (Å²) >= 11 is 3.58. The summed E-state index contributed by atoms with van der Waals surface area (Å²) in [6.07, 6.45) is 2.72. The maximum atomic E-state index is 5.67. The van der Waals surface area contributed by atoms with Crippen LogP contribution in [0.3, 0.4) is 0 Å². The Bertz CT molecular complexity index is 385. The monoisotopic (exact) mass is 301 g/mol. The topological polar surface area (TPSA) is 39.1 Å². The fourth-order valence-electron chi connectivity index (χ4n) is 2.26. The van der Waals surface area contributed by atoms with Crippen LogP contribution in [0.25, 0.3) is 0 Å². The number of aromatic nitrogens is 2. The molecule has 1 N–H and O–H groups in total. The van der Waals surface area contributed by atoms with Gasteiger partial charge in [-0.2, -0.15) is 5.10 Å². The fraction of sp³-hybridized carbons (Fsp3) is 0.750. The zero-order valence-corrected chi connectivity index (χ0v) is 12.2. The van der Waals surface area contributed by atoms with Gasteiger partial charge in [-0.25, -0.2) is 0 Å². The van der Waals surface area contributed by atoms with Gasteiger partial charge in [0.15, 0.2) is 0 Å². The zero-order valence-electron chi connectivity index (χ0n) is 10.7. The second-order valence-electron chi connectivity index (χ2n) is 4.69. The van der Waals surface area contributed by atoms with Crippen molar-refractivity contribution in [2.24, 2.45) is 7.05 Å². The number of hydrogen-bond acceptors (Lipinski definition) is 3. The third kappa shape index (κ3) is 2.89. The predicted octanol–water partition coefficient (Wildman–Crippen LogP) is 2.15. The van der Waals surface area contributed by atoms with Gasteiger partial charge in [0.2, 0.25) is 0 Å². The summed E-state index contributed by atoms with van der Waals surface area (Å²) in [6, 6.07) is 0.389. The first kappa shape index (κ1) is 13.1. The minimum absolute atomic E-state index is 0.364. The Morgan fingerprint density at radius 3 is 2.94 bits per heavy atom. The molecule has 1 saturated heterocycles. The van der Waals surface area contributed by atoms with E-state index in [1.54, 1.807) is 0 Å². The molecule has 96 valence electrons. The molecular formula is C12H20BrN3O. The van der Waals surface area contributed by atoms with E-state index in [0.717, 1.165) is 23.3 Å². The smallest absolute Gasteiger partial charge is 0.0739 e. The molecule has 1 aromatic rings. The molecule has 0 aromatic carbocycles. The molecule has 4 nitrogen and oxygen atoms in total. The summed E-state index contributed by atoms with van der Waals surface area (Å²) in [5, 5.41) is 7.90. The minimum atomic E-state index is 0.364. The third-order valence-electron chi connectivity index (χ3n) is 3.38. The van der Waals surface area contributed by atoms with Gasteiger partial charge in [0.05, 0.1) is 22.0 Å². The van der Waals surface area contributed by atoms with E-state index in [1.165, 1.54) is 18.5 Å². The molecule has 17 heavy (non-hydrogen) atoms. The molecule has 1 fully saturated rings. The average molecular weight is 302 g/mol. The lowest BCUT2D eigenvalue weighted by molar-refractivity contribution is 0.0829. The van der Waals surface area contributed by atoms with Gasteiger partial charge in [-0.15, -0.1) is 0 Å². The zero-order chi connectivity index (χ0) is 12.4. The second-order valence-corrected chi connectivity index (χ2v) is 5.48. The maximum absolute atomic E-state index is 5.67. The molecule has 0 bridgehead atoms. The van der Waals surface area contributed by atoms with Crippen LogP contribution in [-0.4, -0.2) is 28.5 Å². The van der Waals surface area contributed by atoms with Crippen LogP contribution in [-0.2, 0) is 18.3 Å². The number of rotatable bonds is 4. The summed E-state index contributed by atoms with van der Waals surface area (Å²) in [5.74, 6) is 0. The number of nitrogens with one attached hydrogen (secondary N) is 1. The highest BCUT2D eigenvalue weighted by Gasteiger charge is 2.22. The Labute approximate surface area is 111 Å². The highest BCUT2D eigenvalue weighted by molar-refractivity contribution is 9.10. The lowest BCUT2D eigenvalue weighted by Crippen LogP contribution is -2.36. The van der Waals surface area contributed by atoms with E-state index in [-0.39, 0.29) is 0 Å². The van der Waals surface area contributed by atoms with E-state index < -0.39 is 0 Å². The van der Waals surface area contributed by atoms with Gasteiger partial charge in [0, 0.05) is 26.2 Å². The summed E-state index contributed by atoms with van der Waals surface area (Å²) in [7, 11) is 1.98. The number of aryl methyl sites for hydroxylation is 2. The van der Waals surface area contributed by atoms with E-state index >= 15 is 0 Å². The van der Waals surface area contributed by atoms with E-state index in [2.05, 4.69) is 33.3 Å². The largest absolute Gasteiger partial charge is 0.377 e. The molecule has 5 heteroatoms. The van der Waals surface area contributed by atoms with Crippen molar-refractivity contribution >= 4 is 15.9 Å². The van der Waals surface area contributed by atoms with Crippen molar-refractivity contribution in [2.45, 2.75) is 45.4 Å². The van der Waals surface area contributed by atoms with Crippen LogP contribution in [0.5, 0.6) is 0 Å².